The maximum atomic E-state index is 13.3. The average Bonchev–Trinajstić information content (AvgIpc) is 3.13. The SMILES string of the molecule is COc1ccc(C(=O)N2c3ccccc3C[C@@H]2C)cc1S(=O)(=O)NCc1ccccc1. The number of nitrogens with zero attached hydrogens (tertiary/aromatic N) is 1. The Bertz CT molecular complexity index is 1210. The number of nitrogens with one attached hydrogen (secondary N) is 1. The van der Waals surface area contributed by atoms with Gasteiger partial charge in [-0.2, -0.15) is 0 Å². The Balaban J connectivity index is 1.65. The lowest BCUT2D eigenvalue weighted by atomic mass is 10.1. The first-order valence-electron chi connectivity index (χ1n) is 10.0. The first kappa shape index (κ1) is 21.1. The minimum Gasteiger partial charge on any atom is -0.495 e. The molecule has 1 atom stereocenters. The van der Waals surface area contributed by atoms with Gasteiger partial charge in [0.1, 0.15) is 10.6 Å². The molecule has 7 heteroatoms. The number of rotatable bonds is 6. The molecule has 6 nitrogen and oxygen atoms in total. The molecule has 160 valence electrons. The van der Waals surface area contributed by atoms with E-state index < -0.39 is 10.0 Å². The van der Waals surface area contributed by atoms with E-state index in [0.717, 1.165) is 23.2 Å². The third-order valence-electron chi connectivity index (χ3n) is 5.44. The van der Waals surface area contributed by atoms with Crippen molar-refractivity contribution in [3.05, 3.63) is 89.5 Å². The van der Waals surface area contributed by atoms with Crippen LogP contribution in [0.1, 0.15) is 28.4 Å². The second-order valence-corrected chi connectivity index (χ2v) is 9.27. The normalized spacial score (nSPS) is 15.5. The van der Waals surface area contributed by atoms with Gasteiger partial charge in [-0.15, -0.1) is 0 Å². The fourth-order valence-corrected chi connectivity index (χ4v) is 5.10. The number of carbonyl (C=O) groups is 1. The van der Waals surface area contributed by atoms with Gasteiger partial charge in [0.15, 0.2) is 0 Å². The predicted molar refractivity (Wildman–Crippen MR) is 120 cm³/mol. The number of hydrogen-bond acceptors (Lipinski definition) is 4. The quantitative estimate of drug-likeness (QED) is 0.638. The van der Waals surface area contributed by atoms with Gasteiger partial charge in [-0.25, -0.2) is 13.1 Å². The summed E-state index contributed by atoms with van der Waals surface area (Å²) in [5.41, 5.74) is 3.10. The summed E-state index contributed by atoms with van der Waals surface area (Å²) in [6, 6.07) is 21.5. The molecule has 0 radical (unpaired) electrons. The molecular weight excluding hydrogens is 412 g/mol. The number of hydrogen-bond donors (Lipinski definition) is 1. The molecule has 0 aromatic heterocycles. The zero-order valence-corrected chi connectivity index (χ0v) is 18.2. The van der Waals surface area contributed by atoms with Crippen LogP contribution in [-0.2, 0) is 23.0 Å². The van der Waals surface area contributed by atoms with Gasteiger partial charge in [-0.05, 0) is 48.7 Å². The van der Waals surface area contributed by atoms with Crippen LogP contribution in [0.3, 0.4) is 0 Å². The summed E-state index contributed by atoms with van der Waals surface area (Å²) < 4.78 is 33.9. The lowest BCUT2D eigenvalue weighted by Gasteiger charge is -2.23. The van der Waals surface area contributed by atoms with E-state index in [9.17, 15) is 13.2 Å². The van der Waals surface area contributed by atoms with Crippen molar-refractivity contribution in [3.63, 3.8) is 0 Å². The Kier molecular flexibility index (Phi) is 5.80. The highest BCUT2D eigenvalue weighted by molar-refractivity contribution is 7.89. The molecule has 0 spiro atoms. The van der Waals surface area contributed by atoms with Gasteiger partial charge < -0.3 is 9.64 Å². The zero-order valence-electron chi connectivity index (χ0n) is 17.4. The summed E-state index contributed by atoms with van der Waals surface area (Å²) in [6.07, 6.45) is 0.766. The molecule has 1 heterocycles. The van der Waals surface area contributed by atoms with Crippen LogP contribution in [0.5, 0.6) is 5.75 Å². The molecule has 0 saturated heterocycles. The van der Waals surface area contributed by atoms with E-state index in [0.29, 0.717) is 5.56 Å². The molecule has 0 aliphatic carbocycles. The lowest BCUT2D eigenvalue weighted by Crippen LogP contribution is -2.36. The third-order valence-corrected chi connectivity index (χ3v) is 6.86. The number of sulfonamides is 1. The van der Waals surface area contributed by atoms with Gasteiger partial charge in [0.25, 0.3) is 5.91 Å². The number of para-hydroxylation sites is 1. The average molecular weight is 437 g/mol. The molecule has 1 amide bonds. The standard InChI is InChI=1S/C24H24N2O4S/c1-17-14-19-10-6-7-11-21(19)26(17)24(27)20-12-13-22(30-2)23(15-20)31(28,29)25-16-18-8-4-3-5-9-18/h3-13,15,17,25H,14,16H2,1-2H3/t17-/m0/s1. The first-order chi connectivity index (χ1) is 14.9. The van der Waals surface area contributed by atoms with Crippen LogP contribution in [0.25, 0.3) is 0 Å². The maximum Gasteiger partial charge on any atom is 0.258 e. The van der Waals surface area contributed by atoms with E-state index >= 15 is 0 Å². The summed E-state index contributed by atoms with van der Waals surface area (Å²) in [5, 5.41) is 0. The van der Waals surface area contributed by atoms with Gasteiger partial charge in [0, 0.05) is 23.8 Å². The van der Waals surface area contributed by atoms with Crippen molar-refractivity contribution >= 4 is 21.6 Å². The zero-order chi connectivity index (χ0) is 22.0. The molecule has 0 bridgehead atoms. The summed E-state index contributed by atoms with van der Waals surface area (Å²) in [4.78, 5) is 15.0. The van der Waals surface area contributed by atoms with Crippen LogP contribution in [0.4, 0.5) is 5.69 Å². The summed E-state index contributed by atoms with van der Waals surface area (Å²) in [7, 11) is -2.49. The van der Waals surface area contributed by atoms with Crippen LogP contribution in [0.15, 0.2) is 77.7 Å². The van der Waals surface area contributed by atoms with Crippen molar-refractivity contribution in [2.24, 2.45) is 0 Å². The maximum absolute atomic E-state index is 13.3. The minimum atomic E-state index is -3.90. The third kappa shape index (κ3) is 4.19. The smallest absolute Gasteiger partial charge is 0.258 e. The molecule has 3 aromatic rings. The molecular formula is C24H24N2O4S. The largest absolute Gasteiger partial charge is 0.495 e. The van der Waals surface area contributed by atoms with E-state index in [-0.39, 0.29) is 29.1 Å². The molecule has 0 unspecified atom stereocenters. The van der Waals surface area contributed by atoms with Crippen LogP contribution in [0, 0.1) is 0 Å². The van der Waals surface area contributed by atoms with Crippen LogP contribution in [0.2, 0.25) is 0 Å². The second kappa shape index (κ2) is 8.53. The number of benzene rings is 3. The van der Waals surface area contributed by atoms with E-state index in [1.165, 1.54) is 19.2 Å². The highest BCUT2D eigenvalue weighted by atomic mass is 32.2. The molecule has 0 fully saturated rings. The second-order valence-electron chi connectivity index (χ2n) is 7.53. The number of methoxy groups -OCH3 is 1. The topological polar surface area (TPSA) is 75.7 Å². The van der Waals surface area contributed by atoms with Gasteiger partial charge >= 0.3 is 0 Å². The molecule has 1 aliphatic heterocycles. The number of anilines is 1. The summed E-state index contributed by atoms with van der Waals surface area (Å²) in [6.45, 7) is 2.13. The van der Waals surface area contributed by atoms with Crippen molar-refractivity contribution < 1.29 is 17.9 Å². The Morgan fingerprint density at radius 1 is 1.06 bits per heavy atom. The lowest BCUT2D eigenvalue weighted by molar-refractivity contribution is 0.0981. The number of amides is 1. The van der Waals surface area contributed by atoms with Crippen molar-refractivity contribution in [3.8, 4) is 5.75 Å². The minimum absolute atomic E-state index is 0.0109. The molecule has 31 heavy (non-hydrogen) atoms. The van der Waals surface area contributed by atoms with Crippen molar-refractivity contribution in [2.45, 2.75) is 30.8 Å². The first-order valence-corrected chi connectivity index (χ1v) is 11.5. The van der Waals surface area contributed by atoms with Crippen molar-refractivity contribution in [2.75, 3.05) is 12.0 Å². The van der Waals surface area contributed by atoms with E-state index in [2.05, 4.69) is 4.72 Å². The fraction of sp³-hybridized carbons (Fsp3) is 0.208. The molecule has 1 aliphatic rings. The number of fused-ring (bicyclic) bond motifs is 1. The van der Waals surface area contributed by atoms with E-state index in [1.54, 1.807) is 11.0 Å². The van der Waals surface area contributed by atoms with Gasteiger partial charge in [-0.3, -0.25) is 4.79 Å². The molecule has 0 saturated carbocycles. The number of carbonyl (C=O) groups excluding carboxylic acids is 1. The van der Waals surface area contributed by atoms with Crippen LogP contribution >= 0.6 is 0 Å². The number of ether oxygens (including phenoxy) is 1. The fourth-order valence-electron chi connectivity index (χ4n) is 3.89. The van der Waals surface area contributed by atoms with Crippen LogP contribution in [-0.4, -0.2) is 27.5 Å². The predicted octanol–water partition coefficient (Wildman–Crippen LogP) is 3.77. The summed E-state index contributed by atoms with van der Waals surface area (Å²) >= 11 is 0. The Labute approximate surface area is 182 Å². The van der Waals surface area contributed by atoms with Gasteiger partial charge in [0.2, 0.25) is 10.0 Å². The highest BCUT2D eigenvalue weighted by Crippen LogP contribution is 2.34. The summed E-state index contributed by atoms with van der Waals surface area (Å²) in [5.74, 6) is -0.0494. The molecule has 3 aromatic carbocycles. The Hall–Kier alpha value is -3.16. The van der Waals surface area contributed by atoms with Crippen molar-refractivity contribution in [1.82, 2.24) is 4.72 Å². The van der Waals surface area contributed by atoms with E-state index in [1.807, 2.05) is 61.5 Å². The Morgan fingerprint density at radius 3 is 2.52 bits per heavy atom. The van der Waals surface area contributed by atoms with E-state index in [4.69, 9.17) is 4.74 Å². The highest BCUT2D eigenvalue weighted by Gasteiger charge is 2.32. The molecule has 1 N–H and O–H groups in total. The van der Waals surface area contributed by atoms with Gasteiger partial charge in [0.05, 0.1) is 7.11 Å². The van der Waals surface area contributed by atoms with Crippen molar-refractivity contribution in [1.29, 1.82) is 0 Å². The molecule has 4 rings (SSSR count). The van der Waals surface area contributed by atoms with Crippen LogP contribution < -0.4 is 14.4 Å². The monoisotopic (exact) mass is 436 g/mol. The Morgan fingerprint density at radius 2 is 1.77 bits per heavy atom. The van der Waals surface area contributed by atoms with Gasteiger partial charge in [-0.1, -0.05) is 48.5 Å².